The predicted molar refractivity (Wildman–Crippen MR) is 121 cm³/mol. The molecule has 0 aliphatic carbocycles. The number of esters is 1. The molecule has 2 aromatic rings. The molecule has 0 saturated carbocycles. The molecule has 14 heteroatoms. The molecule has 4 rings (SSSR count). The Bertz CT molecular complexity index is 1150. The summed E-state index contributed by atoms with van der Waals surface area (Å²) in [6.45, 7) is 9.41. The van der Waals surface area contributed by atoms with Gasteiger partial charge in [0.25, 0.3) is 0 Å². The molecule has 0 aromatic carbocycles. The Labute approximate surface area is 206 Å². The number of rotatable bonds is 4. The van der Waals surface area contributed by atoms with E-state index >= 15 is 0 Å². The zero-order valence-corrected chi connectivity index (χ0v) is 21.0. The van der Waals surface area contributed by atoms with E-state index in [1.807, 2.05) is 0 Å². The molecule has 1 unspecified atom stereocenters. The highest BCUT2D eigenvalue weighted by molar-refractivity contribution is 6.28. The van der Waals surface area contributed by atoms with Gasteiger partial charge >= 0.3 is 12.1 Å². The fourth-order valence-electron chi connectivity index (χ4n) is 4.18. The topological polar surface area (TPSA) is 156 Å². The smallest absolute Gasteiger partial charge is 0.413 e. The second-order valence-electron chi connectivity index (χ2n) is 9.77. The van der Waals surface area contributed by atoms with E-state index < -0.39 is 54.1 Å². The average Bonchev–Trinajstić information content (AvgIpc) is 3.35. The number of hydrogen-bond donors (Lipinski definition) is 2. The van der Waals surface area contributed by atoms with Gasteiger partial charge in [0.2, 0.25) is 5.28 Å². The van der Waals surface area contributed by atoms with Crippen molar-refractivity contribution in [1.82, 2.24) is 19.7 Å². The number of aromatic nitrogens is 4. The number of fused-ring (bicyclic) bond motifs is 1. The van der Waals surface area contributed by atoms with Crippen LogP contribution >= 0.6 is 11.6 Å². The first-order valence-electron chi connectivity index (χ1n) is 10.9. The van der Waals surface area contributed by atoms with Gasteiger partial charge in [-0.15, -0.1) is 0 Å². The van der Waals surface area contributed by atoms with Gasteiger partial charge in [-0.3, -0.25) is 10.1 Å². The molecular weight excluding hydrogens is 486 g/mol. The maximum atomic E-state index is 12.3. The summed E-state index contributed by atoms with van der Waals surface area (Å²) in [5.74, 6) is -1.53. The summed E-state index contributed by atoms with van der Waals surface area (Å²) >= 11 is 6.14. The van der Waals surface area contributed by atoms with E-state index in [0.717, 1.165) is 0 Å². The van der Waals surface area contributed by atoms with Crippen LogP contribution in [0, 0.1) is 0 Å². The molecule has 2 aromatic heterocycles. The summed E-state index contributed by atoms with van der Waals surface area (Å²) in [4.78, 5) is 32.7. The van der Waals surface area contributed by atoms with Crippen molar-refractivity contribution >= 4 is 40.5 Å². The highest BCUT2D eigenvalue weighted by Crippen LogP contribution is 2.48. The van der Waals surface area contributed by atoms with Gasteiger partial charge in [-0.05, 0) is 46.2 Å². The Balaban J connectivity index is 1.76. The van der Waals surface area contributed by atoms with E-state index in [2.05, 4.69) is 20.4 Å². The zero-order chi connectivity index (χ0) is 25.8. The van der Waals surface area contributed by atoms with Crippen LogP contribution in [-0.4, -0.2) is 79.3 Å². The second kappa shape index (κ2) is 8.82. The number of aliphatic hydroxyl groups excluding tert-OH is 1. The molecule has 13 nitrogen and oxygen atoms in total. The number of anilines is 1. The molecule has 0 bridgehead atoms. The van der Waals surface area contributed by atoms with Crippen LogP contribution in [0.15, 0.2) is 6.20 Å². The molecule has 2 saturated heterocycles. The van der Waals surface area contributed by atoms with Crippen molar-refractivity contribution in [2.24, 2.45) is 0 Å². The van der Waals surface area contributed by atoms with Gasteiger partial charge in [0.1, 0.15) is 11.7 Å². The van der Waals surface area contributed by atoms with E-state index in [9.17, 15) is 14.7 Å². The van der Waals surface area contributed by atoms with Crippen LogP contribution < -0.4 is 5.32 Å². The molecule has 192 valence electrons. The molecule has 0 radical (unpaired) electrons. The standard InChI is InChI=1S/C21H28ClN5O8/c1-10(29)32-13-16(33-12(8-28)21(13)9-31-20(5,6)35-21)27-15-11(7-23-27)14(24-17(22)26-15)25-18(30)34-19(2,3)4/h7,12-13,16,28H,8-9H2,1-6H3,(H,24,25,26,30)/t12-,13+,16-,21?/m1/s1. The van der Waals surface area contributed by atoms with E-state index in [-0.39, 0.29) is 23.4 Å². The Kier molecular flexibility index (Phi) is 6.43. The number of amides is 1. The molecular formula is C21H28ClN5O8. The van der Waals surface area contributed by atoms with E-state index in [1.165, 1.54) is 17.8 Å². The monoisotopic (exact) mass is 513 g/mol. The third-order valence-corrected chi connectivity index (χ3v) is 5.59. The predicted octanol–water partition coefficient (Wildman–Crippen LogP) is 2.17. The third kappa shape index (κ3) is 4.91. The normalized spacial score (nSPS) is 27.9. The van der Waals surface area contributed by atoms with Crippen molar-refractivity contribution in [2.45, 2.75) is 77.0 Å². The van der Waals surface area contributed by atoms with Crippen molar-refractivity contribution in [3.8, 4) is 0 Å². The number of carbonyl (C=O) groups is 2. The molecule has 35 heavy (non-hydrogen) atoms. The molecule has 2 aliphatic rings. The Morgan fingerprint density at radius 2 is 2.06 bits per heavy atom. The largest absolute Gasteiger partial charge is 0.454 e. The van der Waals surface area contributed by atoms with Gasteiger partial charge in [0.15, 0.2) is 35.2 Å². The Morgan fingerprint density at radius 1 is 1.34 bits per heavy atom. The van der Waals surface area contributed by atoms with Crippen molar-refractivity contribution in [3.63, 3.8) is 0 Å². The van der Waals surface area contributed by atoms with E-state index in [0.29, 0.717) is 5.39 Å². The van der Waals surface area contributed by atoms with Crippen molar-refractivity contribution < 1.29 is 38.4 Å². The summed E-state index contributed by atoms with van der Waals surface area (Å²) in [5.41, 5.74) is -1.85. The quantitative estimate of drug-likeness (QED) is 0.456. The summed E-state index contributed by atoms with van der Waals surface area (Å²) in [6, 6.07) is 0. The van der Waals surface area contributed by atoms with Gasteiger partial charge in [-0.2, -0.15) is 15.1 Å². The zero-order valence-electron chi connectivity index (χ0n) is 20.2. The minimum atomic E-state index is -1.30. The number of hydrogen-bond acceptors (Lipinski definition) is 11. The second-order valence-corrected chi connectivity index (χ2v) is 10.1. The molecule has 4 heterocycles. The average molecular weight is 514 g/mol. The first-order valence-corrected chi connectivity index (χ1v) is 11.3. The maximum absolute atomic E-state index is 12.3. The van der Waals surface area contributed by atoms with Crippen LogP contribution in [0.1, 0.15) is 47.8 Å². The van der Waals surface area contributed by atoms with Crippen LogP contribution in [0.2, 0.25) is 5.28 Å². The number of aliphatic hydroxyl groups is 1. The summed E-state index contributed by atoms with van der Waals surface area (Å²) in [7, 11) is 0. The van der Waals surface area contributed by atoms with Crippen LogP contribution in [0.5, 0.6) is 0 Å². The van der Waals surface area contributed by atoms with Crippen LogP contribution in [0.4, 0.5) is 10.6 Å². The van der Waals surface area contributed by atoms with Crippen molar-refractivity contribution in [1.29, 1.82) is 0 Å². The maximum Gasteiger partial charge on any atom is 0.413 e. The minimum Gasteiger partial charge on any atom is -0.454 e. The summed E-state index contributed by atoms with van der Waals surface area (Å²) in [5, 5.41) is 17.1. The summed E-state index contributed by atoms with van der Waals surface area (Å²) in [6.07, 6.45) is -2.37. The lowest BCUT2D eigenvalue weighted by molar-refractivity contribution is -0.198. The lowest BCUT2D eigenvalue weighted by atomic mass is 9.93. The molecule has 4 atom stereocenters. The first kappa shape index (κ1) is 25.5. The van der Waals surface area contributed by atoms with E-state index in [1.54, 1.807) is 34.6 Å². The van der Waals surface area contributed by atoms with Gasteiger partial charge in [0.05, 0.1) is 24.8 Å². The number of nitrogens with zero attached hydrogens (tertiary/aromatic N) is 4. The highest BCUT2D eigenvalue weighted by Gasteiger charge is 2.66. The third-order valence-electron chi connectivity index (χ3n) is 5.42. The van der Waals surface area contributed by atoms with Gasteiger partial charge in [0, 0.05) is 6.92 Å². The number of halogens is 1. The molecule has 2 N–H and O–H groups in total. The first-order chi connectivity index (χ1) is 16.2. The van der Waals surface area contributed by atoms with Crippen molar-refractivity contribution in [3.05, 3.63) is 11.5 Å². The molecule has 1 amide bonds. The molecule has 2 aliphatic heterocycles. The lowest BCUT2D eigenvalue weighted by Gasteiger charge is -2.33. The fraction of sp³-hybridized carbons (Fsp3) is 0.667. The molecule has 1 spiro atoms. The minimum absolute atomic E-state index is 0.0000637. The Hall–Kier alpha value is -2.58. The van der Waals surface area contributed by atoms with E-state index in [4.69, 9.17) is 35.3 Å². The SMILES string of the molecule is CC(=O)O[C@H]1[C@H](n2ncc3c(NC(=O)OC(C)(C)C)nc(Cl)nc32)O[C@H](CO)C12COC(C)(C)O2. The fourth-order valence-corrected chi connectivity index (χ4v) is 4.35. The van der Waals surface area contributed by atoms with Gasteiger partial charge < -0.3 is 28.8 Å². The van der Waals surface area contributed by atoms with Crippen LogP contribution in [0.3, 0.4) is 0 Å². The van der Waals surface area contributed by atoms with Crippen LogP contribution in [0.25, 0.3) is 11.0 Å². The number of nitrogens with one attached hydrogen (secondary N) is 1. The van der Waals surface area contributed by atoms with Crippen LogP contribution in [-0.2, 0) is 28.5 Å². The lowest BCUT2D eigenvalue weighted by Crippen LogP contribution is -2.53. The summed E-state index contributed by atoms with van der Waals surface area (Å²) < 4.78 is 30.2. The van der Waals surface area contributed by atoms with Gasteiger partial charge in [-0.25, -0.2) is 9.48 Å². The number of carbonyl (C=O) groups excluding carboxylic acids is 2. The Morgan fingerprint density at radius 3 is 2.63 bits per heavy atom. The number of ether oxygens (including phenoxy) is 5. The van der Waals surface area contributed by atoms with Crippen molar-refractivity contribution in [2.75, 3.05) is 18.5 Å². The molecule has 2 fully saturated rings. The van der Waals surface area contributed by atoms with Gasteiger partial charge in [-0.1, -0.05) is 0 Å². The highest BCUT2D eigenvalue weighted by atomic mass is 35.5.